The maximum atomic E-state index is 12.2. The normalized spacial score (nSPS) is 24.8. The molecule has 0 bridgehead atoms. The number of carbonyl (C=O) groups excluding carboxylic acids is 2. The molecule has 0 saturated carbocycles. The summed E-state index contributed by atoms with van der Waals surface area (Å²) in [5, 5.41) is 20.4. The number of phosphoric ester groups is 2. The van der Waals surface area contributed by atoms with Gasteiger partial charge in [-0.15, -0.1) is 0 Å². The quantitative estimate of drug-likeness (QED) is 0.0298. The number of anilines is 1. The molecule has 20 heteroatoms. The maximum Gasteiger partial charge on any atom is 0.499 e. The molecule has 39 heavy (non-hydrogen) atoms. The van der Waals surface area contributed by atoms with Gasteiger partial charge >= 0.3 is 27.3 Å². The number of phosphoric acid groups is 2. The van der Waals surface area contributed by atoms with E-state index >= 15 is 0 Å². The fraction of sp³-hybridized carbons (Fsp3) is 0.632. The van der Waals surface area contributed by atoms with Gasteiger partial charge in [0, 0.05) is 12.5 Å². The summed E-state index contributed by atoms with van der Waals surface area (Å²) in [5.41, 5.74) is 4.66. The molecule has 1 aliphatic heterocycles. The minimum absolute atomic E-state index is 0.00403. The summed E-state index contributed by atoms with van der Waals surface area (Å²) in [7, 11) is -10.7. The first-order valence-electron chi connectivity index (χ1n) is 11.4. The van der Waals surface area contributed by atoms with Gasteiger partial charge in [0.1, 0.15) is 31.1 Å². The van der Waals surface area contributed by atoms with Crippen molar-refractivity contribution < 1.29 is 70.9 Å². The molecule has 2 heterocycles. The Hall–Kier alpha value is -2.24. The second kappa shape index (κ2) is 14.9. The first kappa shape index (κ1) is 33.0. The van der Waals surface area contributed by atoms with E-state index in [9.17, 15) is 43.5 Å². The fourth-order valence-electron chi connectivity index (χ4n) is 3.23. The SMILES string of the molecule is [CH2-]CCCCC(=O)O[C@@H](COC=O)COP(=O)(O)OP(=O)(O)OC[C@H]1O[C@@H]([n+]2ccc(N)[nH]c2=O)[C@H](O)[C@@H]1O. The number of hydrogen-bond donors (Lipinski definition) is 6. The Labute approximate surface area is 221 Å². The van der Waals surface area contributed by atoms with E-state index in [2.05, 4.69) is 30.0 Å². The Balaban J connectivity index is 1.92. The summed E-state index contributed by atoms with van der Waals surface area (Å²) in [4.78, 5) is 56.3. The van der Waals surface area contributed by atoms with Crippen molar-refractivity contribution in [3.8, 4) is 0 Å². The Morgan fingerprint density at radius 1 is 1.21 bits per heavy atom. The molecule has 7 N–H and O–H groups in total. The third-order valence-corrected chi connectivity index (χ3v) is 7.67. The lowest BCUT2D eigenvalue weighted by molar-refractivity contribution is -0.779. The Morgan fingerprint density at radius 2 is 1.90 bits per heavy atom. The van der Waals surface area contributed by atoms with E-state index < -0.39 is 77.8 Å². The minimum atomic E-state index is -5.35. The zero-order valence-corrected chi connectivity index (χ0v) is 22.3. The van der Waals surface area contributed by atoms with E-state index in [0.29, 0.717) is 19.3 Å². The molecule has 222 valence electrons. The van der Waals surface area contributed by atoms with Crippen molar-refractivity contribution in [3.05, 3.63) is 29.7 Å². The van der Waals surface area contributed by atoms with Crippen molar-refractivity contribution in [1.29, 1.82) is 0 Å². The van der Waals surface area contributed by atoms with Gasteiger partial charge in [-0.2, -0.15) is 25.1 Å². The number of aliphatic hydroxyl groups excluding tert-OH is 2. The Morgan fingerprint density at radius 3 is 2.54 bits per heavy atom. The average Bonchev–Trinajstić information content (AvgIpc) is 3.12. The largest absolute Gasteiger partial charge is 0.499 e. The molecule has 1 saturated heterocycles. The van der Waals surface area contributed by atoms with E-state index in [1.54, 1.807) is 0 Å². The van der Waals surface area contributed by atoms with E-state index in [-0.39, 0.29) is 18.7 Å². The number of rotatable bonds is 17. The number of aromatic amines is 1. The van der Waals surface area contributed by atoms with Crippen molar-refractivity contribution in [3.63, 3.8) is 0 Å². The highest BCUT2D eigenvalue weighted by Crippen LogP contribution is 2.60. The van der Waals surface area contributed by atoms with E-state index in [0.717, 1.165) is 4.57 Å². The minimum Gasteiger partial charge on any atom is -0.464 e. The van der Waals surface area contributed by atoms with Crippen molar-refractivity contribution in [1.82, 2.24) is 4.98 Å². The second-order valence-electron chi connectivity index (χ2n) is 8.12. The molecule has 7 atom stereocenters. The Bertz CT molecular complexity index is 1120. The van der Waals surface area contributed by atoms with Gasteiger partial charge < -0.3 is 46.9 Å². The zero-order chi connectivity index (χ0) is 29.2. The molecule has 1 aliphatic rings. The van der Waals surface area contributed by atoms with Gasteiger partial charge in [0.2, 0.25) is 6.23 Å². The molecular weight excluding hydrogens is 572 g/mol. The van der Waals surface area contributed by atoms with Crippen LogP contribution >= 0.6 is 15.6 Å². The van der Waals surface area contributed by atoms with Crippen LogP contribution in [0, 0.1) is 6.92 Å². The van der Waals surface area contributed by atoms with Crippen LogP contribution in [0.25, 0.3) is 0 Å². The highest BCUT2D eigenvalue weighted by molar-refractivity contribution is 7.61. The molecule has 0 amide bonds. The van der Waals surface area contributed by atoms with Crippen molar-refractivity contribution in [2.75, 3.05) is 25.6 Å². The summed E-state index contributed by atoms with van der Waals surface area (Å²) in [5.74, 6) is -0.699. The number of carbonyl (C=O) groups is 2. The molecule has 1 aromatic heterocycles. The van der Waals surface area contributed by atoms with Gasteiger partial charge in [-0.1, -0.05) is 6.42 Å². The van der Waals surface area contributed by atoms with Gasteiger partial charge in [-0.3, -0.25) is 18.6 Å². The molecular formula is C19H31N3O15P2. The first-order valence-corrected chi connectivity index (χ1v) is 14.4. The van der Waals surface area contributed by atoms with Crippen LogP contribution in [0.3, 0.4) is 0 Å². The third-order valence-electron chi connectivity index (χ3n) is 5.07. The molecule has 1 aromatic rings. The highest BCUT2D eigenvalue weighted by atomic mass is 31.3. The van der Waals surface area contributed by atoms with Gasteiger partial charge in [0.05, 0.1) is 13.2 Å². The summed E-state index contributed by atoms with van der Waals surface area (Å²) in [6.07, 6.45) is -4.78. The number of hydrogen-bond acceptors (Lipinski definition) is 14. The number of nitrogens with zero attached hydrogens (tertiary/aromatic N) is 1. The van der Waals surface area contributed by atoms with E-state index in [1.807, 2.05) is 0 Å². The summed E-state index contributed by atoms with van der Waals surface area (Å²) in [6.45, 7) is 1.32. The molecule has 2 unspecified atom stereocenters. The number of unbranched alkanes of at least 4 members (excludes halogenated alkanes) is 2. The number of ether oxygens (including phenoxy) is 3. The predicted octanol–water partition coefficient (Wildman–Crippen LogP) is -1.41. The number of nitrogens with two attached hydrogens (primary N) is 1. The van der Waals surface area contributed by atoms with Gasteiger partial charge in [-0.25, -0.2) is 9.13 Å². The number of aliphatic hydroxyl groups is 2. The summed E-state index contributed by atoms with van der Waals surface area (Å²) in [6, 6.07) is 1.28. The van der Waals surface area contributed by atoms with Crippen molar-refractivity contribution in [2.45, 2.75) is 56.3 Å². The monoisotopic (exact) mass is 603 g/mol. The first-order chi connectivity index (χ1) is 18.3. The lowest BCUT2D eigenvalue weighted by atomic mass is 10.1. The number of aromatic nitrogens is 2. The van der Waals surface area contributed by atoms with E-state index in [4.69, 9.17) is 15.2 Å². The summed E-state index contributed by atoms with van der Waals surface area (Å²) >= 11 is 0. The van der Waals surface area contributed by atoms with Crippen LogP contribution in [0.1, 0.15) is 31.9 Å². The zero-order valence-electron chi connectivity index (χ0n) is 20.5. The molecule has 0 aromatic carbocycles. The lowest BCUT2D eigenvalue weighted by Crippen LogP contribution is -2.58. The molecule has 0 aliphatic carbocycles. The number of esters is 1. The van der Waals surface area contributed by atoms with Crippen LogP contribution in [0.15, 0.2) is 17.1 Å². The fourth-order valence-corrected chi connectivity index (χ4v) is 5.34. The van der Waals surface area contributed by atoms with Crippen LogP contribution in [-0.4, -0.2) is 81.7 Å². The summed E-state index contributed by atoms with van der Waals surface area (Å²) < 4.78 is 53.5. The van der Waals surface area contributed by atoms with Crippen LogP contribution in [0.2, 0.25) is 0 Å². The number of H-pyrrole nitrogens is 1. The third kappa shape index (κ3) is 10.7. The molecule has 1 fully saturated rings. The standard InChI is InChI=1S/C19H30N3O15P2/c1-2-3-4-5-15(24)35-12(8-32-11-23)9-33-38(28,29)37-39(30,31)34-10-13-16(25)17(26)18(36-13)22-7-6-14(20)21-19(22)27/h6-7,11-13,16-18,25-26H,1-5,8-10H2,(H4,20,21,27,28,29,30,31)/q-1/p+1/t12-,13+,16+,17+,18+/m0/s1. The number of nitrogen functional groups attached to an aromatic ring is 1. The average molecular weight is 603 g/mol. The second-order valence-corrected chi connectivity index (χ2v) is 11.2. The molecule has 18 nitrogen and oxygen atoms in total. The van der Waals surface area contributed by atoms with Crippen LogP contribution in [-0.2, 0) is 46.3 Å². The molecule has 0 spiro atoms. The number of nitrogens with one attached hydrogen (secondary N) is 1. The van der Waals surface area contributed by atoms with Crippen molar-refractivity contribution >= 4 is 33.9 Å². The van der Waals surface area contributed by atoms with Crippen LogP contribution < -0.4 is 16.0 Å². The smallest absolute Gasteiger partial charge is 0.464 e. The Kier molecular flexibility index (Phi) is 12.6. The maximum absolute atomic E-state index is 12.2. The van der Waals surface area contributed by atoms with Crippen LogP contribution in [0.5, 0.6) is 0 Å². The highest BCUT2D eigenvalue weighted by Gasteiger charge is 2.48. The van der Waals surface area contributed by atoms with E-state index in [1.165, 1.54) is 12.3 Å². The van der Waals surface area contributed by atoms with Crippen LogP contribution in [0.4, 0.5) is 5.82 Å². The lowest BCUT2D eigenvalue weighted by Gasteiger charge is -2.21. The predicted molar refractivity (Wildman–Crippen MR) is 126 cm³/mol. The molecule has 0 radical (unpaired) electrons. The molecule has 2 rings (SSSR count). The van der Waals surface area contributed by atoms with Gasteiger partial charge in [0.25, 0.3) is 6.47 Å². The van der Waals surface area contributed by atoms with Gasteiger partial charge in [0.15, 0.2) is 11.9 Å². The van der Waals surface area contributed by atoms with Gasteiger partial charge in [-0.05, 0) is 6.42 Å². The topological polar surface area (TPSA) is 267 Å². The van der Waals surface area contributed by atoms with Crippen molar-refractivity contribution in [2.24, 2.45) is 0 Å².